The minimum atomic E-state index is 0.731. The third-order valence-electron chi connectivity index (χ3n) is 3.43. The largest absolute Gasteiger partial charge is 0.330 e. The molecule has 0 saturated heterocycles. The Labute approximate surface area is 120 Å². The number of nitrogens with two attached hydrogens (primary N) is 1. The van der Waals surface area contributed by atoms with E-state index in [4.69, 9.17) is 10.6 Å². The fourth-order valence-electron chi connectivity index (χ4n) is 2.16. The Balaban J connectivity index is 2.88. The minimum Gasteiger partial charge on any atom is -0.330 e. The van der Waals surface area contributed by atoms with Gasteiger partial charge in [0.2, 0.25) is 0 Å². The molecule has 116 valence electrons. The second kappa shape index (κ2) is 17.9. The zero-order valence-electron chi connectivity index (χ0n) is 13.1. The highest BCUT2D eigenvalue weighted by molar-refractivity contribution is 4.47. The summed E-state index contributed by atoms with van der Waals surface area (Å²) >= 11 is 0. The molecule has 0 aliphatic heterocycles. The monoisotopic (exact) mass is 272 g/mol. The average molecular weight is 272 g/mol. The first-order valence-electron chi connectivity index (χ1n) is 8.46. The lowest BCUT2D eigenvalue weighted by molar-refractivity contribution is 0.0384. The molecule has 3 N–H and O–H groups in total. The van der Waals surface area contributed by atoms with Gasteiger partial charge >= 0.3 is 0 Å². The molecular formula is C16H36N2O. The van der Waals surface area contributed by atoms with Gasteiger partial charge in [-0.05, 0) is 19.4 Å². The van der Waals surface area contributed by atoms with E-state index >= 15 is 0 Å². The molecule has 0 saturated carbocycles. The van der Waals surface area contributed by atoms with Crippen LogP contribution >= 0.6 is 0 Å². The third kappa shape index (κ3) is 17.9. The summed E-state index contributed by atoms with van der Waals surface area (Å²) in [5.41, 5.74) is 8.33. The van der Waals surface area contributed by atoms with Crippen LogP contribution in [0.15, 0.2) is 0 Å². The van der Waals surface area contributed by atoms with Gasteiger partial charge in [0.25, 0.3) is 0 Å². The van der Waals surface area contributed by atoms with Crippen molar-refractivity contribution < 1.29 is 4.84 Å². The summed E-state index contributed by atoms with van der Waals surface area (Å²) in [7, 11) is 0. The second-order valence-electron chi connectivity index (χ2n) is 5.42. The molecule has 3 heteroatoms. The third-order valence-corrected chi connectivity index (χ3v) is 3.43. The Bertz CT molecular complexity index is 138. The highest BCUT2D eigenvalue weighted by Gasteiger charge is 1.93. The summed E-state index contributed by atoms with van der Waals surface area (Å²) in [5.74, 6) is 0. The molecule has 0 aromatic heterocycles. The Kier molecular flexibility index (Phi) is 17.8. The van der Waals surface area contributed by atoms with Crippen molar-refractivity contribution in [1.29, 1.82) is 0 Å². The standard InChI is InChI=1S/C16H36N2O/c1-2-3-4-5-6-7-8-9-10-11-12-16-19-18-15-13-14-17/h18H,2-17H2,1H3. The van der Waals surface area contributed by atoms with Crippen molar-refractivity contribution in [2.45, 2.75) is 84.0 Å². The summed E-state index contributed by atoms with van der Waals surface area (Å²) in [4.78, 5) is 5.31. The van der Waals surface area contributed by atoms with Crippen LogP contribution in [-0.2, 0) is 4.84 Å². The van der Waals surface area contributed by atoms with Crippen molar-refractivity contribution in [3.05, 3.63) is 0 Å². The van der Waals surface area contributed by atoms with E-state index in [0.717, 1.165) is 26.1 Å². The van der Waals surface area contributed by atoms with E-state index in [1.807, 2.05) is 0 Å². The summed E-state index contributed by atoms with van der Waals surface area (Å²) in [6, 6.07) is 0. The number of hydrogen-bond acceptors (Lipinski definition) is 3. The fraction of sp³-hybridized carbons (Fsp3) is 1.00. The van der Waals surface area contributed by atoms with Crippen molar-refractivity contribution in [1.82, 2.24) is 5.48 Å². The minimum absolute atomic E-state index is 0.731. The van der Waals surface area contributed by atoms with Crippen LogP contribution in [0.4, 0.5) is 0 Å². The van der Waals surface area contributed by atoms with Crippen LogP contribution < -0.4 is 11.2 Å². The Morgan fingerprint density at radius 1 is 0.737 bits per heavy atom. The first-order chi connectivity index (χ1) is 9.41. The second-order valence-corrected chi connectivity index (χ2v) is 5.42. The molecule has 0 aromatic carbocycles. The highest BCUT2D eigenvalue weighted by atomic mass is 16.6. The number of nitrogens with one attached hydrogen (secondary N) is 1. The molecule has 19 heavy (non-hydrogen) atoms. The lowest BCUT2D eigenvalue weighted by atomic mass is 10.1. The SMILES string of the molecule is CCCCCCCCCCCCCONCCCN. The zero-order chi connectivity index (χ0) is 14.0. The van der Waals surface area contributed by atoms with Gasteiger partial charge in [-0.2, -0.15) is 0 Å². The van der Waals surface area contributed by atoms with Gasteiger partial charge < -0.3 is 10.6 Å². The summed E-state index contributed by atoms with van der Waals surface area (Å²) in [6.07, 6.45) is 16.1. The molecule has 0 aromatic rings. The predicted molar refractivity (Wildman–Crippen MR) is 84.1 cm³/mol. The normalized spacial score (nSPS) is 11.1. The van der Waals surface area contributed by atoms with E-state index in [-0.39, 0.29) is 0 Å². The van der Waals surface area contributed by atoms with Crippen molar-refractivity contribution >= 4 is 0 Å². The topological polar surface area (TPSA) is 47.3 Å². The molecule has 0 fully saturated rings. The Morgan fingerprint density at radius 3 is 1.79 bits per heavy atom. The summed E-state index contributed by atoms with van der Waals surface area (Å²) < 4.78 is 0. The molecule has 0 radical (unpaired) electrons. The first-order valence-corrected chi connectivity index (χ1v) is 8.46. The van der Waals surface area contributed by atoms with Gasteiger partial charge in [0, 0.05) is 6.54 Å². The molecule has 0 bridgehead atoms. The van der Waals surface area contributed by atoms with E-state index < -0.39 is 0 Å². The van der Waals surface area contributed by atoms with Gasteiger partial charge in [-0.3, -0.25) is 0 Å². The number of unbranched alkanes of at least 4 members (excludes halogenated alkanes) is 10. The van der Waals surface area contributed by atoms with Crippen molar-refractivity contribution in [2.24, 2.45) is 5.73 Å². The van der Waals surface area contributed by atoms with Crippen molar-refractivity contribution in [3.63, 3.8) is 0 Å². The van der Waals surface area contributed by atoms with Crippen LogP contribution in [0.2, 0.25) is 0 Å². The Morgan fingerprint density at radius 2 is 1.26 bits per heavy atom. The van der Waals surface area contributed by atoms with Crippen LogP contribution in [0, 0.1) is 0 Å². The molecule has 0 rings (SSSR count). The van der Waals surface area contributed by atoms with Crippen LogP contribution in [0.5, 0.6) is 0 Å². The van der Waals surface area contributed by atoms with E-state index in [1.165, 1.54) is 70.6 Å². The molecule has 0 spiro atoms. The van der Waals surface area contributed by atoms with Crippen LogP contribution in [0.3, 0.4) is 0 Å². The smallest absolute Gasteiger partial charge is 0.0682 e. The van der Waals surface area contributed by atoms with E-state index in [9.17, 15) is 0 Å². The van der Waals surface area contributed by atoms with Gasteiger partial charge in [0.15, 0.2) is 0 Å². The van der Waals surface area contributed by atoms with Crippen LogP contribution in [-0.4, -0.2) is 19.7 Å². The van der Waals surface area contributed by atoms with Gasteiger partial charge in [0.1, 0.15) is 0 Å². The van der Waals surface area contributed by atoms with Crippen molar-refractivity contribution in [3.8, 4) is 0 Å². The van der Waals surface area contributed by atoms with E-state index in [0.29, 0.717) is 0 Å². The quantitative estimate of drug-likeness (QED) is 0.327. The van der Waals surface area contributed by atoms with E-state index in [2.05, 4.69) is 12.4 Å². The predicted octanol–water partition coefficient (Wildman–Crippen LogP) is 4.17. The number of rotatable bonds is 16. The number of hydrogen-bond donors (Lipinski definition) is 2. The maximum atomic E-state index is 5.39. The summed E-state index contributed by atoms with van der Waals surface area (Å²) in [5, 5.41) is 0. The molecule has 3 nitrogen and oxygen atoms in total. The van der Waals surface area contributed by atoms with E-state index in [1.54, 1.807) is 0 Å². The van der Waals surface area contributed by atoms with Crippen LogP contribution in [0.1, 0.15) is 84.0 Å². The Hall–Kier alpha value is -0.120. The lowest BCUT2D eigenvalue weighted by Crippen LogP contribution is -2.19. The van der Waals surface area contributed by atoms with Crippen molar-refractivity contribution in [2.75, 3.05) is 19.7 Å². The molecular weight excluding hydrogens is 236 g/mol. The highest BCUT2D eigenvalue weighted by Crippen LogP contribution is 2.11. The van der Waals surface area contributed by atoms with Gasteiger partial charge in [-0.25, -0.2) is 5.48 Å². The summed E-state index contributed by atoms with van der Waals surface area (Å²) in [6.45, 7) is 4.71. The van der Waals surface area contributed by atoms with Gasteiger partial charge in [-0.1, -0.05) is 71.1 Å². The lowest BCUT2D eigenvalue weighted by Gasteiger charge is -2.05. The maximum Gasteiger partial charge on any atom is 0.0682 e. The molecule has 0 aliphatic rings. The first kappa shape index (κ1) is 18.9. The zero-order valence-corrected chi connectivity index (χ0v) is 13.1. The fourth-order valence-corrected chi connectivity index (χ4v) is 2.16. The molecule has 0 amide bonds. The molecule has 0 aliphatic carbocycles. The maximum absolute atomic E-state index is 5.39. The molecule has 0 heterocycles. The van der Waals surface area contributed by atoms with Gasteiger partial charge in [-0.15, -0.1) is 0 Å². The number of hydroxylamine groups is 1. The average Bonchev–Trinajstić information content (AvgIpc) is 2.43. The molecule has 0 atom stereocenters. The van der Waals surface area contributed by atoms with Gasteiger partial charge in [0.05, 0.1) is 6.61 Å². The van der Waals surface area contributed by atoms with Crippen LogP contribution in [0.25, 0.3) is 0 Å². The molecule has 0 unspecified atom stereocenters.